The molecule has 6 heteroatoms. The summed E-state index contributed by atoms with van der Waals surface area (Å²) in [5.74, 6) is 0.485. The number of hydrogen-bond donors (Lipinski definition) is 2. The van der Waals surface area contributed by atoms with Gasteiger partial charge in [0, 0.05) is 30.3 Å². The lowest BCUT2D eigenvalue weighted by atomic mass is 10.2. The highest BCUT2D eigenvalue weighted by molar-refractivity contribution is 6.30. The molecule has 0 saturated heterocycles. The van der Waals surface area contributed by atoms with Gasteiger partial charge < -0.3 is 20.1 Å². The van der Waals surface area contributed by atoms with E-state index in [0.717, 1.165) is 12.1 Å². The second-order valence-corrected chi connectivity index (χ2v) is 5.18. The van der Waals surface area contributed by atoms with Gasteiger partial charge in [-0.25, -0.2) is 0 Å². The van der Waals surface area contributed by atoms with Gasteiger partial charge in [0.1, 0.15) is 5.75 Å². The molecular formula is C15H23ClN2O3. The summed E-state index contributed by atoms with van der Waals surface area (Å²) < 4.78 is 10.5. The second kappa shape index (κ2) is 9.60. The molecule has 1 atom stereocenters. The van der Waals surface area contributed by atoms with E-state index in [-0.39, 0.29) is 18.6 Å². The highest BCUT2D eigenvalue weighted by Gasteiger charge is 2.10. The molecule has 1 unspecified atom stereocenters. The van der Waals surface area contributed by atoms with E-state index in [0.29, 0.717) is 23.9 Å². The van der Waals surface area contributed by atoms with Gasteiger partial charge in [-0.1, -0.05) is 18.5 Å². The van der Waals surface area contributed by atoms with Gasteiger partial charge in [0.25, 0.3) is 5.91 Å². The van der Waals surface area contributed by atoms with Crippen molar-refractivity contribution in [3.63, 3.8) is 0 Å². The zero-order valence-electron chi connectivity index (χ0n) is 12.7. The van der Waals surface area contributed by atoms with Crippen LogP contribution in [0.1, 0.15) is 19.4 Å². The number of nitrogens with one attached hydrogen (secondary N) is 2. The van der Waals surface area contributed by atoms with Crippen LogP contribution in [0.15, 0.2) is 18.2 Å². The molecule has 0 bridgehead atoms. The van der Waals surface area contributed by atoms with Crippen molar-refractivity contribution in [1.29, 1.82) is 0 Å². The summed E-state index contributed by atoms with van der Waals surface area (Å²) in [7, 11) is 1.60. The van der Waals surface area contributed by atoms with Gasteiger partial charge in [-0.05, 0) is 31.7 Å². The minimum atomic E-state index is -0.177. The topological polar surface area (TPSA) is 59.6 Å². The summed E-state index contributed by atoms with van der Waals surface area (Å²) in [5.41, 5.74) is 0.932. The third kappa shape index (κ3) is 6.80. The quantitative estimate of drug-likeness (QED) is 0.732. The maximum Gasteiger partial charge on any atom is 0.258 e. The molecular weight excluding hydrogens is 292 g/mol. The Kier molecular flexibility index (Phi) is 8.12. The van der Waals surface area contributed by atoms with Gasteiger partial charge >= 0.3 is 0 Å². The predicted molar refractivity (Wildman–Crippen MR) is 83.8 cm³/mol. The number of ether oxygens (including phenoxy) is 2. The Morgan fingerprint density at radius 1 is 1.43 bits per heavy atom. The fourth-order valence-electron chi connectivity index (χ4n) is 1.84. The lowest BCUT2D eigenvalue weighted by Crippen LogP contribution is -2.38. The van der Waals surface area contributed by atoms with E-state index in [1.165, 1.54) is 0 Å². The van der Waals surface area contributed by atoms with Crippen molar-refractivity contribution in [2.75, 3.05) is 26.9 Å². The molecule has 1 aromatic rings. The fourth-order valence-corrected chi connectivity index (χ4v) is 2.03. The van der Waals surface area contributed by atoms with Crippen LogP contribution >= 0.6 is 11.6 Å². The molecule has 0 aromatic heterocycles. The van der Waals surface area contributed by atoms with Crippen LogP contribution in [0.3, 0.4) is 0 Å². The highest BCUT2D eigenvalue weighted by Crippen LogP contribution is 2.22. The number of carbonyl (C=O) groups excluding carboxylic acids is 1. The minimum Gasteiger partial charge on any atom is -0.483 e. The lowest BCUT2D eigenvalue weighted by molar-refractivity contribution is -0.124. The normalized spacial score (nSPS) is 12.0. The molecule has 0 fully saturated rings. The summed E-state index contributed by atoms with van der Waals surface area (Å²) in [6.45, 7) is 5.83. The first-order valence-electron chi connectivity index (χ1n) is 6.97. The van der Waals surface area contributed by atoms with Crippen LogP contribution in [-0.2, 0) is 16.1 Å². The molecule has 0 saturated carbocycles. The van der Waals surface area contributed by atoms with Crippen LogP contribution in [0.25, 0.3) is 0 Å². The smallest absolute Gasteiger partial charge is 0.258 e. The third-order valence-corrected chi connectivity index (χ3v) is 3.01. The van der Waals surface area contributed by atoms with Crippen molar-refractivity contribution in [3.8, 4) is 5.75 Å². The maximum atomic E-state index is 11.8. The fraction of sp³-hybridized carbons (Fsp3) is 0.533. The van der Waals surface area contributed by atoms with Crippen LogP contribution in [-0.4, -0.2) is 38.8 Å². The highest BCUT2D eigenvalue weighted by atomic mass is 35.5. The molecule has 0 aliphatic heterocycles. The van der Waals surface area contributed by atoms with Crippen LogP contribution < -0.4 is 15.4 Å². The van der Waals surface area contributed by atoms with Crippen LogP contribution in [0.5, 0.6) is 5.75 Å². The van der Waals surface area contributed by atoms with Gasteiger partial charge in [0.05, 0.1) is 6.61 Å². The summed E-state index contributed by atoms with van der Waals surface area (Å²) >= 11 is 5.99. The lowest BCUT2D eigenvalue weighted by Gasteiger charge is -2.15. The molecule has 1 aromatic carbocycles. The monoisotopic (exact) mass is 314 g/mol. The van der Waals surface area contributed by atoms with Gasteiger partial charge in [0.2, 0.25) is 0 Å². The molecule has 21 heavy (non-hydrogen) atoms. The number of amides is 1. The maximum absolute atomic E-state index is 11.8. The zero-order valence-corrected chi connectivity index (χ0v) is 13.5. The first-order valence-corrected chi connectivity index (χ1v) is 7.34. The van der Waals surface area contributed by atoms with Gasteiger partial charge in [0.15, 0.2) is 6.61 Å². The average Bonchev–Trinajstić information content (AvgIpc) is 2.44. The van der Waals surface area contributed by atoms with Gasteiger partial charge in [-0.3, -0.25) is 4.79 Å². The molecule has 1 rings (SSSR count). The van der Waals surface area contributed by atoms with Crippen molar-refractivity contribution in [3.05, 3.63) is 28.8 Å². The van der Waals surface area contributed by atoms with E-state index < -0.39 is 0 Å². The zero-order chi connectivity index (χ0) is 15.7. The van der Waals surface area contributed by atoms with E-state index in [9.17, 15) is 4.79 Å². The largest absolute Gasteiger partial charge is 0.483 e. The summed E-state index contributed by atoms with van der Waals surface area (Å²) in [4.78, 5) is 11.8. The number of halogens is 1. The second-order valence-electron chi connectivity index (χ2n) is 4.74. The van der Waals surface area contributed by atoms with Crippen LogP contribution in [0.4, 0.5) is 0 Å². The molecule has 0 aliphatic carbocycles. The Morgan fingerprint density at radius 2 is 2.19 bits per heavy atom. The first-order chi connectivity index (χ1) is 10.1. The Labute approximate surface area is 131 Å². The SMILES string of the molecule is CCNCc1cc(Cl)ccc1OCC(=O)NC(C)COC. The summed E-state index contributed by atoms with van der Waals surface area (Å²) in [5, 5.41) is 6.65. The number of hydrogen-bond acceptors (Lipinski definition) is 4. The summed E-state index contributed by atoms with van der Waals surface area (Å²) in [6, 6.07) is 5.32. The minimum absolute atomic E-state index is 0.0329. The number of benzene rings is 1. The van der Waals surface area contributed by atoms with Gasteiger partial charge in [-0.2, -0.15) is 0 Å². The van der Waals surface area contributed by atoms with Crippen molar-refractivity contribution in [2.24, 2.45) is 0 Å². The van der Waals surface area contributed by atoms with Crippen LogP contribution in [0.2, 0.25) is 5.02 Å². The molecule has 2 N–H and O–H groups in total. The van der Waals surface area contributed by atoms with E-state index in [1.54, 1.807) is 19.2 Å². The first kappa shape index (κ1) is 17.8. The Balaban J connectivity index is 2.55. The Hall–Kier alpha value is -1.30. The van der Waals surface area contributed by atoms with Gasteiger partial charge in [-0.15, -0.1) is 0 Å². The number of carbonyl (C=O) groups is 1. The van der Waals surface area contributed by atoms with Crippen molar-refractivity contribution >= 4 is 17.5 Å². The molecule has 0 spiro atoms. The van der Waals surface area contributed by atoms with E-state index >= 15 is 0 Å². The standard InChI is InChI=1S/C15H23ClN2O3/c1-4-17-8-12-7-13(16)5-6-14(12)21-10-15(19)18-11(2)9-20-3/h5-7,11,17H,4,8-10H2,1-3H3,(H,18,19). The van der Waals surface area contributed by atoms with E-state index in [1.807, 2.05) is 19.9 Å². The number of rotatable bonds is 9. The van der Waals surface area contributed by atoms with E-state index in [4.69, 9.17) is 21.1 Å². The summed E-state index contributed by atoms with van der Waals surface area (Å²) in [6.07, 6.45) is 0. The third-order valence-electron chi connectivity index (χ3n) is 2.77. The van der Waals surface area contributed by atoms with Crippen molar-refractivity contribution in [2.45, 2.75) is 26.4 Å². The van der Waals surface area contributed by atoms with E-state index in [2.05, 4.69) is 10.6 Å². The molecule has 118 valence electrons. The Morgan fingerprint density at radius 3 is 2.86 bits per heavy atom. The van der Waals surface area contributed by atoms with Crippen molar-refractivity contribution < 1.29 is 14.3 Å². The molecule has 0 radical (unpaired) electrons. The Bertz CT molecular complexity index is 455. The molecule has 0 aliphatic rings. The average molecular weight is 315 g/mol. The number of methoxy groups -OCH3 is 1. The van der Waals surface area contributed by atoms with Crippen LogP contribution in [0, 0.1) is 0 Å². The predicted octanol–water partition coefficient (Wildman–Crippen LogP) is 1.98. The van der Waals surface area contributed by atoms with Crippen molar-refractivity contribution in [1.82, 2.24) is 10.6 Å². The molecule has 1 amide bonds. The molecule has 5 nitrogen and oxygen atoms in total. The molecule has 0 heterocycles.